The van der Waals surface area contributed by atoms with E-state index < -0.39 is 6.04 Å². The molecule has 0 saturated carbocycles. The second-order valence-corrected chi connectivity index (χ2v) is 6.75. The van der Waals surface area contributed by atoms with Crippen LogP contribution in [0.4, 0.5) is 0 Å². The van der Waals surface area contributed by atoms with Crippen molar-refractivity contribution in [3.05, 3.63) is 54.4 Å². The molecule has 0 spiro atoms. The molecule has 2 aromatic rings. The van der Waals surface area contributed by atoms with E-state index in [9.17, 15) is 9.59 Å². The van der Waals surface area contributed by atoms with Gasteiger partial charge in [0.25, 0.3) is 5.91 Å². The number of pyridine rings is 1. The highest BCUT2D eigenvalue weighted by Gasteiger charge is 2.21. The van der Waals surface area contributed by atoms with Gasteiger partial charge in [0.2, 0.25) is 5.91 Å². The Balaban J connectivity index is 1.95. The van der Waals surface area contributed by atoms with Crippen LogP contribution in [0.15, 0.2) is 48.8 Å². The van der Waals surface area contributed by atoms with Crippen LogP contribution in [-0.2, 0) is 4.79 Å². The van der Waals surface area contributed by atoms with E-state index in [2.05, 4.69) is 15.6 Å². The van der Waals surface area contributed by atoms with Crippen LogP contribution in [0.25, 0.3) is 0 Å². The Labute approximate surface area is 147 Å². The van der Waals surface area contributed by atoms with Crippen molar-refractivity contribution in [1.29, 1.82) is 0 Å². The molecule has 25 heavy (non-hydrogen) atoms. The van der Waals surface area contributed by atoms with E-state index in [-0.39, 0.29) is 17.4 Å². The summed E-state index contributed by atoms with van der Waals surface area (Å²) in [5.41, 5.74) is 0.107. The SMILES string of the molecule is CC(NC(=O)c1ccc(Oc2cccnc2)cc1)C(=O)NC(C)(C)C. The Morgan fingerprint density at radius 2 is 1.76 bits per heavy atom. The summed E-state index contributed by atoms with van der Waals surface area (Å²) in [4.78, 5) is 28.3. The first-order valence-electron chi connectivity index (χ1n) is 8.05. The van der Waals surface area contributed by atoms with Crippen LogP contribution in [-0.4, -0.2) is 28.4 Å². The molecular formula is C19H23N3O3. The minimum Gasteiger partial charge on any atom is -0.456 e. The quantitative estimate of drug-likeness (QED) is 0.876. The van der Waals surface area contributed by atoms with E-state index in [1.807, 2.05) is 20.8 Å². The van der Waals surface area contributed by atoms with Crippen LogP contribution in [0.1, 0.15) is 38.1 Å². The fraction of sp³-hybridized carbons (Fsp3) is 0.316. The molecule has 2 amide bonds. The molecule has 1 atom stereocenters. The lowest BCUT2D eigenvalue weighted by Gasteiger charge is -2.23. The molecule has 0 aliphatic rings. The summed E-state index contributed by atoms with van der Waals surface area (Å²) in [5, 5.41) is 5.52. The second-order valence-electron chi connectivity index (χ2n) is 6.75. The highest BCUT2D eigenvalue weighted by molar-refractivity contribution is 5.97. The van der Waals surface area contributed by atoms with Crippen molar-refractivity contribution in [2.75, 3.05) is 0 Å². The van der Waals surface area contributed by atoms with Crippen molar-refractivity contribution in [2.45, 2.75) is 39.3 Å². The zero-order valence-electron chi connectivity index (χ0n) is 14.9. The zero-order valence-corrected chi connectivity index (χ0v) is 14.9. The average molecular weight is 341 g/mol. The van der Waals surface area contributed by atoms with Gasteiger partial charge in [0.15, 0.2) is 0 Å². The molecule has 1 aromatic carbocycles. The van der Waals surface area contributed by atoms with Crippen LogP contribution >= 0.6 is 0 Å². The van der Waals surface area contributed by atoms with Gasteiger partial charge in [-0.3, -0.25) is 14.6 Å². The lowest BCUT2D eigenvalue weighted by molar-refractivity contribution is -0.124. The van der Waals surface area contributed by atoms with Crippen LogP contribution in [0, 0.1) is 0 Å². The topological polar surface area (TPSA) is 80.3 Å². The molecule has 6 heteroatoms. The standard InChI is InChI=1S/C19H23N3O3/c1-13(17(23)22-19(2,3)4)21-18(24)14-7-9-15(10-8-14)25-16-6-5-11-20-12-16/h5-13H,1-4H3,(H,21,24)(H,22,23). The Morgan fingerprint density at radius 3 is 2.32 bits per heavy atom. The fourth-order valence-corrected chi connectivity index (χ4v) is 2.04. The summed E-state index contributed by atoms with van der Waals surface area (Å²) in [7, 11) is 0. The van der Waals surface area contributed by atoms with E-state index in [0.717, 1.165) is 0 Å². The average Bonchev–Trinajstić information content (AvgIpc) is 2.54. The molecule has 0 radical (unpaired) electrons. The lowest BCUT2D eigenvalue weighted by Crippen LogP contribution is -2.50. The van der Waals surface area contributed by atoms with Gasteiger partial charge in [-0.1, -0.05) is 0 Å². The Hall–Kier alpha value is -2.89. The van der Waals surface area contributed by atoms with Crippen molar-refractivity contribution >= 4 is 11.8 Å². The summed E-state index contributed by atoms with van der Waals surface area (Å²) in [6, 6.07) is 9.64. The predicted octanol–water partition coefficient (Wildman–Crippen LogP) is 2.91. The van der Waals surface area contributed by atoms with Gasteiger partial charge in [0.1, 0.15) is 17.5 Å². The largest absolute Gasteiger partial charge is 0.456 e. The van der Waals surface area contributed by atoms with Crippen molar-refractivity contribution < 1.29 is 14.3 Å². The maximum absolute atomic E-state index is 12.3. The van der Waals surface area contributed by atoms with E-state index >= 15 is 0 Å². The van der Waals surface area contributed by atoms with Gasteiger partial charge in [-0.25, -0.2) is 0 Å². The number of amides is 2. The van der Waals surface area contributed by atoms with Gasteiger partial charge < -0.3 is 15.4 Å². The zero-order chi connectivity index (χ0) is 18.4. The number of carbonyl (C=O) groups is 2. The van der Waals surface area contributed by atoms with Crippen molar-refractivity contribution in [3.63, 3.8) is 0 Å². The maximum atomic E-state index is 12.3. The van der Waals surface area contributed by atoms with E-state index in [4.69, 9.17) is 4.74 Å². The predicted molar refractivity (Wildman–Crippen MR) is 95.6 cm³/mol. The summed E-state index contributed by atoms with van der Waals surface area (Å²) in [6.45, 7) is 7.32. The monoisotopic (exact) mass is 341 g/mol. The number of hydrogen-bond acceptors (Lipinski definition) is 4. The van der Waals surface area contributed by atoms with Crippen molar-refractivity contribution in [3.8, 4) is 11.5 Å². The number of nitrogens with one attached hydrogen (secondary N) is 2. The first-order valence-corrected chi connectivity index (χ1v) is 8.05. The molecule has 0 bridgehead atoms. The van der Waals surface area contributed by atoms with E-state index in [0.29, 0.717) is 17.1 Å². The Kier molecular flexibility index (Phi) is 5.75. The molecular weight excluding hydrogens is 318 g/mol. The lowest BCUT2D eigenvalue weighted by atomic mass is 10.1. The third-order valence-electron chi connectivity index (χ3n) is 3.23. The first-order chi connectivity index (χ1) is 11.7. The first kappa shape index (κ1) is 18.4. The van der Waals surface area contributed by atoms with Crippen LogP contribution in [0.3, 0.4) is 0 Å². The van der Waals surface area contributed by atoms with E-state index in [1.54, 1.807) is 55.7 Å². The Morgan fingerprint density at radius 1 is 1.08 bits per heavy atom. The van der Waals surface area contributed by atoms with Gasteiger partial charge >= 0.3 is 0 Å². The van der Waals surface area contributed by atoms with Crippen molar-refractivity contribution in [1.82, 2.24) is 15.6 Å². The molecule has 0 aliphatic heterocycles. The second kappa shape index (κ2) is 7.79. The molecule has 6 nitrogen and oxygen atoms in total. The van der Waals surface area contributed by atoms with E-state index in [1.165, 1.54) is 0 Å². The van der Waals surface area contributed by atoms with Gasteiger partial charge in [-0.2, -0.15) is 0 Å². The van der Waals surface area contributed by atoms with Gasteiger partial charge in [0, 0.05) is 17.3 Å². The summed E-state index contributed by atoms with van der Waals surface area (Å²) in [6.07, 6.45) is 3.27. The number of aromatic nitrogens is 1. The molecule has 1 aromatic heterocycles. The van der Waals surface area contributed by atoms with Gasteiger partial charge in [0.05, 0.1) is 6.20 Å². The summed E-state index contributed by atoms with van der Waals surface area (Å²) < 4.78 is 5.63. The van der Waals surface area contributed by atoms with Gasteiger partial charge in [-0.15, -0.1) is 0 Å². The number of ether oxygens (including phenoxy) is 1. The third kappa shape index (κ3) is 5.91. The number of rotatable bonds is 5. The highest BCUT2D eigenvalue weighted by atomic mass is 16.5. The maximum Gasteiger partial charge on any atom is 0.251 e. The highest BCUT2D eigenvalue weighted by Crippen LogP contribution is 2.20. The minimum absolute atomic E-state index is 0.225. The third-order valence-corrected chi connectivity index (χ3v) is 3.23. The van der Waals surface area contributed by atoms with Crippen LogP contribution in [0.2, 0.25) is 0 Å². The molecule has 2 N–H and O–H groups in total. The fourth-order valence-electron chi connectivity index (χ4n) is 2.04. The van der Waals surface area contributed by atoms with Crippen molar-refractivity contribution in [2.24, 2.45) is 0 Å². The van der Waals surface area contributed by atoms with Gasteiger partial charge in [-0.05, 0) is 64.1 Å². The van der Waals surface area contributed by atoms with Crippen LogP contribution in [0.5, 0.6) is 11.5 Å². The number of carbonyl (C=O) groups excluding carboxylic acids is 2. The normalized spacial score (nSPS) is 12.2. The summed E-state index contributed by atoms with van der Waals surface area (Å²) in [5.74, 6) is 0.678. The minimum atomic E-state index is -0.627. The van der Waals surface area contributed by atoms with Crippen LogP contribution < -0.4 is 15.4 Å². The molecule has 132 valence electrons. The molecule has 0 aliphatic carbocycles. The molecule has 0 fully saturated rings. The number of nitrogens with zero attached hydrogens (tertiary/aromatic N) is 1. The smallest absolute Gasteiger partial charge is 0.251 e. The molecule has 2 rings (SSSR count). The summed E-state index contributed by atoms with van der Waals surface area (Å²) >= 11 is 0. The Bertz CT molecular complexity index is 722. The molecule has 1 unspecified atom stereocenters. The number of hydrogen-bond donors (Lipinski definition) is 2. The molecule has 1 heterocycles. The molecule has 0 saturated heterocycles. The number of benzene rings is 1.